The van der Waals surface area contributed by atoms with Crippen LogP contribution in [0.5, 0.6) is 0 Å². The standard InChI is InChI=1S/C59H32N6O2/c1-60-40-23-27-50-48(33-40)49-34-41(61-2)24-28-51(49)65(50)56-46(35-13-5-3-6-14-35)29-39(30-47(56)36-15-7-4-8-16-36)59-63-57(37-21-25-44-42-17-9-11-19-52(42)66-54(44)31-37)62-58(64-59)38-22-26-45-43-18-10-12-20-53(43)67-55(45)32-38/h3-34H. The summed E-state index contributed by atoms with van der Waals surface area (Å²) in [6, 6.07) is 65.0. The lowest BCUT2D eigenvalue weighted by Crippen LogP contribution is -2.04. The first-order valence-corrected chi connectivity index (χ1v) is 21.8. The van der Waals surface area contributed by atoms with E-state index in [9.17, 15) is 0 Å². The van der Waals surface area contributed by atoms with Crippen LogP contribution in [0.4, 0.5) is 11.4 Å². The minimum absolute atomic E-state index is 0.487. The molecule has 0 aliphatic rings. The quantitative estimate of drug-likeness (QED) is 0.156. The highest BCUT2D eigenvalue weighted by atomic mass is 16.3. The lowest BCUT2D eigenvalue weighted by atomic mass is 9.92. The molecule has 4 heterocycles. The Labute approximate surface area is 382 Å². The summed E-state index contributed by atoms with van der Waals surface area (Å²) < 4.78 is 15.0. The molecule has 13 rings (SSSR count). The Morgan fingerprint density at radius 3 is 1.22 bits per heavy atom. The van der Waals surface area contributed by atoms with Gasteiger partial charge in [0.25, 0.3) is 0 Å². The molecule has 0 aliphatic heterocycles. The van der Waals surface area contributed by atoms with Gasteiger partial charge in [0.2, 0.25) is 0 Å². The van der Waals surface area contributed by atoms with E-state index < -0.39 is 0 Å². The molecule has 67 heavy (non-hydrogen) atoms. The highest BCUT2D eigenvalue weighted by Crippen LogP contribution is 2.45. The summed E-state index contributed by atoms with van der Waals surface area (Å²) in [7, 11) is 0. The smallest absolute Gasteiger partial charge is 0.188 e. The number of fused-ring (bicyclic) bond motifs is 9. The summed E-state index contributed by atoms with van der Waals surface area (Å²) in [6.07, 6.45) is 0. The molecule has 0 fully saturated rings. The van der Waals surface area contributed by atoms with Gasteiger partial charge in [-0.2, -0.15) is 0 Å². The maximum absolute atomic E-state index is 7.88. The van der Waals surface area contributed by atoms with E-state index >= 15 is 0 Å². The third kappa shape index (κ3) is 6.17. The molecule has 13 aromatic rings. The second-order valence-electron chi connectivity index (χ2n) is 16.5. The van der Waals surface area contributed by atoms with E-state index in [0.29, 0.717) is 28.8 Å². The summed E-state index contributed by atoms with van der Waals surface area (Å²) in [5.74, 6) is 1.47. The first-order chi connectivity index (χ1) is 33.1. The maximum atomic E-state index is 7.88. The number of para-hydroxylation sites is 2. The number of nitrogens with zero attached hydrogens (tertiary/aromatic N) is 6. The average Bonchev–Trinajstić information content (AvgIpc) is 4.07. The van der Waals surface area contributed by atoms with Crippen molar-refractivity contribution in [2.24, 2.45) is 0 Å². The Balaban J connectivity index is 1.10. The number of aromatic nitrogens is 4. The van der Waals surface area contributed by atoms with Crippen LogP contribution in [0, 0.1) is 13.1 Å². The molecule has 0 amide bonds. The van der Waals surface area contributed by atoms with E-state index in [4.69, 9.17) is 36.9 Å². The Bertz CT molecular complexity index is 3980. The van der Waals surface area contributed by atoms with Crippen LogP contribution in [0.15, 0.2) is 203 Å². The first kappa shape index (κ1) is 37.9. The third-order valence-corrected chi connectivity index (χ3v) is 12.7. The van der Waals surface area contributed by atoms with E-state index in [1.807, 2.05) is 133 Å². The van der Waals surface area contributed by atoms with E-state index in [2.05, 4.69) is 74.9 Å². The molecule has 0 N–H and O–H groups in total. The van der Waals surface area contributed by atoms with Crippen LogP contribution in [0.1, 0.15) is 0 Å². The van der Waals surface area contributed by atoms with Crippen LogP contribution >= 0.6 is 0 Å². The van der Waals surface area contributed by atoms with Gasteiger partial charge in [0, 0.05) is 49.4 Å². The Kier molecular flexibility index (Phi) is 8.48. The topological polar surface area (TPSA) is 78.6 Å². The van der Waals surface area contributed by atoms with Gasteiger partial charge in [-0.25, -0.2) is 24.6 Å². The fraction of sp³-hybridized carbons (Fsp3) is 0. The molecule has 9 aromatic carbocycles. The van der Waals surface area contributed by atoms with Gasteiger partial charge >= 0.3 is 0 Å². The highest BCUT2D eigenvalue weighted by Gasteiger charge is 2.24. The summed E-state index contributed by atoms with van der Waals surface area (Å²) in [4.78, 5) is 23.4. The second kappa shape index (κ2) is 15.0. The summed E-state index contributed by atoms with van der Waals surface area (Å²) in [6.45, 7) is 15.8. The fourth-order valence-corrected chi connectivity index (χ4v) is 9.55. The van der Waals surface area contributed by atoms with E-state index in [1.54, 1.807) is 0 Å². The van der Waals surface area contributed by atoms with Gasteiger partial charge in [0.05, 0.1) is 29.9 Å². The normalized spacial score (nSPS) is 11.6. The Hall–Kier alpha value is -9.63. The van der Waals surface area contributed by atoms with Crippen molar-refractivity contribution in [1.82, 2.24) is 19.5 Å². The minimum atomic E-state index is 0.487. The van der Waals surface area contributed by atoms with E-state index in [1.165, 1.54) is 0 Å². The molecule has 0 saturated carbocycles. The lowest BCUT2D eigenvalue weighted by molar-refractivity contribution is 0.668. The van der Waals surface area contributed by atoms with E-state index in [-0.39, 0.29) is 0 Å². The van der Waals surface area contributed by atoms with Crippen molar-refractivity contribution in [2.45, 2.75) is 0 Å². The molecule has 310 valence electrons. The second-order valence-corrected chi connectivity index (χ2v) is 16.5. The first-order valence-electron chi connectivity index (χ1n) is 21.8. The zero-order valence-corrected chi connectivity index (χ0v) is 35.5. The molecule has 0 bridgehead atoms. The van der Waals surface area contributed by atoms with Crippen molar-refractivity contribution < 1.29 is 8.83 Å². The fourth-order valence-electron chi connectivity index (χ4n) is 9.55. The van der Waals surface area contributed by atoms with Gasteiger partial charge in [-0.15, -0.1) is 0 Å². The zero-order valence-electron chi connectivity index (χ0n) is 35.5. The third-order valence-electron chi connectivity index (χ3n) is 12.7. The number of rotatable bonds is 6. The van der Waals surface area contributed by atoms with Crippen molar-refractivity contribution in [3.63, 3.8) is 0 Å². The summed E-state index contributed by atoms with van der Waals surface area (Å²) >= 11 is 0. The average molecular weight is 857 g/mol. The number of hydrogen-bond donors (Lipinski definition) is 0. The number of benzene rings is 9. The molecular formula is C59H32N6O2. The van der Waals surface area contributed by atoms with Crippen molar-refractivity contribution in [1.29, 1.82) is 0 Å². The maximum Gasteiger partial charge on any atom is 0.188 e. The minimum Gasteiger partial charge on any atom is -0.456 e. The lowest BCUT2D eigenvalue weighted by Gasteiger charge is -2.21. The van der Waals surface area contributed by atoms with Gasteiger partial charge in [0.1, 0.15) is 22.3 Å². The molecule has 8 heteroatoms. The molecule has 8 nitrogen and oxygen atoms in total. The van der Waals surface area contributed by atoms with Gasteiger partial charge < -0.3 is 13.4 Å². The molecular weight excluding hydrogens is 825 g/mol. The molecule has 0 saturated heterocycles. The van der Waals surface area contributed by atoms with Crippen LogP contribution < -0.4 is 0 Å². The summed E-state index contributed by atoms with van der Waals surface area (Å²) in [5, 5.41) is 5.91. The van der Waals surface area contributed by atoms with Gasteiger partial charge in [-0.3, -0.25) is 0 Å². The number of furan rings is 2. The Morgan fingerprint density at radius 2 is 0.761 bits per heavy atom. The van der Waals surface area contributed by atoms with Crippen molar-refractivity contribution in [3.05, 3.63) is 217 Å². The monoisotopic (exact) mass is 856 g/mol. The van der Waals surface area contributed by atoms with Gasteiger partial charge in [-0.1, -0.05) is 121 Å². The highest BCUT2D eigenvalue weighted by molar-refractivity contribution is 6.13. The molecule has 0 unspecified atom stereocenters. The SMILES string of the molecule is [C-]#[N+]c1ccc2c(c1)c1cc([N+]#[C-])ccc1n2-c1c(-c2ccccc2)cc(-c2nc(-c3ccc4c(c3)oc3ccccc34)nc(-c3ccc4c(c3)oc3ccccc34)n2)cc1-c1ccccc1. The Morgan fingerprint density at radius 1 is 0.343 bits per heavy atom. The van der Waals surface area contributed by atoms with E-state index in [0.717, 1.165) is 110 Å². The summed E-state index contributed by atoms with van der Waals surface area (Å²) in [5.41, 5.74) is 13.1. The van der Waals surface area contributed by atoms with Gasteiger partial charge in [-0.05, 0) is 94.7 Å². The predicted octanol–water partition coefficient (Wildman–Crippen LogP) is 16.2. The molecule has 0 atom stereocenters. The van der Waals surface area contributed by atoms with Crippen LogP contribution in [0.25, 0.3) is 137 Å². The van der Waals surface area contributed by atoms with Gasteiger partial charge in [0.15, 0.2) is 28.8 Å². The van der Waals surface area contributed by atoms with Crippen LogP contribution in [-0.4, -0.2) is 19.5 Å². The predicted molar refractivity (Wildman–Crippen MR) is 268 cm³/mol. The molecule has 0 spiro atoms. The number of hydrogen-bond acceptors (Lipinski definition) is 5. The van der Waals surface area contributed by atoms with Crippen LogP contribution in [0.3, 0.4) is 0 Å². The van der Waals surface area contributed by atoms with Crippen molar-refractivity contribution >= 4 is 77.1 Å². The van der Waals surface area contributed by atoms with Crippen LogP contribution in [0.2, 0.25) is 0 Å². The van der Waals surface area contributed by atoms with Crippen molar-refractivity contribution in [3.8, 4) is 62.1 Å². The zero-order chi connectivity index (χ0) is 44.6. The van der Waals surface area contributed by atoms with Crippen molar-refractivity contribution in [2.75, 3.05) is 0 Å². The molecule has 0 aliphatic carbocycles. The molecule has 4 aromatic heterocycles. The van der Waals surface area contributed by atoms with Crippen LogP contribution in [-0.2, 0) is 0 Å². The molecule has 0 radical (unpaired) electrons. The largest absolute Gasteiger partial charge is 0.456 e.